The molecule has 0 heterocycles. The van der Waals surface area contributed by atoms with Gasteiger partial charge in [-0.05, 0) is 23.3 Å². The molecule has 1 N–H and O–H groups in total. The van der Waals surface area contributed by atoms with Crippen molar-refractivity contribution in [3.05, 3.63) is 111 Å². The highest BCUT2D eigenvalue weighted by molar-refractivity contribution is 6.33. The third-order valence-electron chi connectivity index (χ3n) is 4.29. The van der Waals surface area contributed by atoms with Gasteiger partial charge < -0.3 is 5.32 Å². The lowest BCUT2D eigenvalue weighted by Gasteiger charge is -2.24. The lowest BCUT2D eigenvalue weighted by atomic mass is 9.94. The molecule has 0 aliphatic carbocycles. The topological polar surface area (TPSA) is 55.2 Å². The predicted octanol–water partition coefficient (Wildman–Crippen LogP) is 5.38. The Balaban J connectivity index is 1.97. The molecule has 5 heteroatoms. The molecule has 0 amide bonds. The number of para-hydroxylation sites is 1. The van der Waals surface area contributed by atoms with Crippen LogP contribution in [0.5, 0.6) is 0 Å². The smallest absolute Gasteiger partial charge is 0.241 e. The molecule has 3 aromatic rings. The second-order valence-corrected chi connectivity index (χ2v) is 6.46. The normalized spacial score (nSPS) is 13.0. The highest BCUT2D eigenvalue weighted by Gasteiger charge is 2.33. The molecule has 0 radical (unpaired) electrons. The molecule has 0 saturated carbocycles. The van der Waals surface area contributed by atoms with E-state index in [9.17, 15) is 10.1 Å². The van der Waals surface area contributed by atoms with Gasteiger partial charge in [-0.15, -0.1) is 0 Å². The first-order valence-electron chi connectivity index (χ1n) is 8.38. The van der Waals surface area contributed by atoms with Crippen LogP contribution in [0.25, 0.3) is 0 Å². The first-order chi connectivity index (χ1) is 12.6. The van der Waals surface area contributed by atoms with Gasteiger partial charge in [0.05, 0.1) is 10.7 Å². The first-order valence-corrected chi connectivity index (χ1v) is 8.76. The Morgan fingerprint density at radius 2 is 1.46 bits per heavy atom. The minimum Gasteiger partial charge on any atom is -0.371 e. The van der Waals surface area contributed by atoms with Gasteiger partial charge in [0.15, 0.2) is 0 Å². The maximum Gasteiger partial charge on any atom is 0.241 e. The van der Waals surface area contributed by atoms with Crippen molar-refractivity contribution in [2.45, 2.75) is 18.5 Å². The highest BCUT2D eigenvalue weighted by Crippen LogP contribution is 2.30. The zero-order valence-electron chi connectivity index (χ0n) is 14.1. The summed E-state index contributed by atoms with van der Waals surface area (Å²) in [6, 6.07) is 24.9. The van der Waals surface area contributed by atoms with Crippen LogP contribution in [0.1, 0.15) is 17.2 Å². The van der Waals surface area contributed by atoms with Crippen molar-refractivity contribution in [3.8, 4) is 0 Å². The van der Waals surface area contributed by atoms with E-state index in [-0.39, 0.29) is 4.92 Å². The molecule has 3 aromatic carbocycles. The first kappa shape index (κ1) is 18.0. The third-order valence-corrected chi connectivity index (χ3v) is 4.62. The van der Waals surface area contributed by atoms with Crippen molar-refractivity contribution in [1.29, 1.82) is 0 Å². The van der Waals surface area contributed by atoms with E-state index in [1.807, 2.05) is 78.9 Å². The minimum atomic E-state index is -0.837. The summed E-state index contributed by atoms with van der Waals surface area (Å²) < 4.78 is 0. The van der Waals surface area contributed by atoms with Crippen molar-refractivity contribution in [2.75, 3.05) is 5.32 Å². The molecule has 4 nitrogen and oxygen atoms in total. The third kappa shape index (κ3) is 4.41. The van der Waals surface area contributed by atoms with Crippen LogP contribution in [0.3, 0.4) is 0 Å². The predicted molar refractivity (Wildman–Crippen MR) is 105 cm³/mol. The number of nitrogens with one attached hydrogen (secondary N) is 1. The van der Waals surface area contributed by atoms with E-state index in [0.717, 1.165) is 11.1 Å². The highest BCUT2D eigenvalue weighted by atomic mass is 35.5. The molecule has 0 aliphatic heterocycles. The SMILES string of the molecule is O=[N+]([O-])[C@@H](Cc1ccccc1)[C@H](Nc1ccccc1Cl)c1ccccc1. The van der Waals surface area contributed by atoms with Crippen molar-refractivity contribution < 1.29 is 4.92 Å². The fraction of sp³-hybridized carbons (Fsp3) is 0.143. The van der Waals surface area contributed by atoms with E-state index in [4.69, 9.17) is 11.6 Å². The number of nitrogens with zero attached hydrogens (tertiary/aromatic N) is 1. The molecule has 0 aromatic heterocycles. The molecule has 2 atom stereocenters. The van der Waals surface area contributed by atoms with Gasteiger partial charge in [-0.3, -0.25) is 10.1 Å². The maximum atomic E-state index is 11.9. The molecular weight excluding hydrogens is 348 g/mol. The van der Waals surface area contributed by atoms with Crippen LogP contribution in [0.4, 0.5) is 5.69 Å². The lowest BCUT2D eigenvalue weighted by molar-refractivity contribution is -0.525. The second-order valence-electron chi connectivity index (χ2n) is 6.05. The van der Waals surface area contributed by atoms with Crippen molar-refractivity contribution in [1.82, 2.24) is 0 Å². The quantitative estimate of drug-likeness (QED) is 0.451. The molecule has 0 unspecified atom stereocenters. The fourth-order valence-electron chi connectivity index (χ4n) is 2.98. The van der Waals surface area contributed by atoms with Crippen molar-refractivity contribution in [2.24, 2.45) is 0 Å². The van der Waals surface area contributed by atoms with E-state index in [2.05, 4.69) is 5.32 Å². The molecule has 0 fully saturated rings. The summed E-state index contributed by atoms with van der Waals surface area (Å²) in [5, 5.41) is 15.8. The van der Waals surface area contributed by atoms with Gasteiger partial charge >= 0.3 is 0 Å². The zero-order valence-corrected chi connectivity index (χ0v) is 14.8. The van der Waals surface area contributed by atoms with E-state index >= 15 is 0 Å². The van der Waals surface area contributed by atoms with Gasteiger partial charge in [-0.1, -0.05) is 84.4 Å². The van der Waals surface area contributed by atoms with E-state index < -0.39 is 12.1 Å². The summed E-state index contributed by atoms with van der Waals surface area (Å²) in [6.07, 6.45) is 0.324. The van der Waals surface area contributed by atoms with E-state index in [1.54, 1.807) is 6.07 Å². The molecule has 132 valence electrons. The molecule has 0 aliphatic rings. The molecule has 3 rings (SSSR count). The number of nitro groups is 1. The van der Waals surface area contributed by atoms with Crippen LogP contribution in [0.2, 0.25) is 5.02 Å². The van der Waals surface area contributed by atoms with Crippen LogP contribution < -0.4 is 5.32 Å². The molecule has 0 saturated heterocycles. The minimum absolute atomic E-state index is 0.214. The number of hydrogen-bond acceptors (Lipinski definition) is 3. The second kappa shape index (κ2) is 8.50. The molecule has 0 spiro atoms. The van der Waals surface area contributed by atoms with E-state index in [0.29, 0.717) is 17.1 Å². The Morgan fingerprint density at radius 1 is 0.885 bits per heavy atom. The van der Waals surface area contributed by atoms with Gasteiger partial charge in [0.25, 0.3) is 0 Å². The van der Waals surface area contributed by atoms with E-state index in [1.165, 1.54) is 0 Å². The van der Waals surface area contributed by atoms with Gasteiger partial charge in [-0.2, -0.15) is 0 Å². The van der Waals surface area contributed by atoms with Crippen LogP contribution in [0, 0.1) is 10.1 Å². The Kier molecular flexibility index (Phi) is 5.87. The van der Waals surface area contributed by atoms with Crippen LogP contribution in [0.15, 0.2) is 84.9 Å². The fourth-order valence-corrected chi connectivity index (χ4v) is 3.17. The van der Waals surface area contributed by atoms with Crippen LogP contribution >= 0.6 is 11.6 Å². The maximum absolute atomic E-state index is 11.9. The van der Waals surface area contributed by atoms with Gasteiger partial charge in [-0.25, -0.2) is 0 Å². The Morgan fingerprint density at radius 3 is 2.08 bits per heavy atom. The largest absolute Gasteiger partial charge is 0.371 e. The number of rotatable bonds is 7. The summed E-state index contributed by atoms with van der Waals surface area (Å²) in [4.78, 5) is 11.7. The number of anilines is 1. The molecule has 0 bridgehead atoms. The molecule has 26 heavy (non-hydrogen) atoms. The Bertz CT molecular complexity index is 856. The lowest BCUT2D eigenvalue weighted by Crippen LogP contribution is -2.34. The van der Waals surface area contributed by atoms with Crippen molar-refractivity contribution >= 4 is 17.3 Å². The van der Waals surface area contributed by atoms with Gasteiger partial charge in [0, 0.05) is 11.3 Å². The summed E-state index contributed by atoms with van der Waals surface area (Å²) in [6.45, 7) is 0. The van der Waals surface area contributed by atoms with Gasteiger partial charge in [0.1, 0.15) is 6.04 Å². The number of halogens is 1. The average molecular weight is 367 g/mol. The summed E-state index contributed by atoms with van der Waals surface area (Å²) in [5.41, 5.74) is 2.46. The number of hydrogen-bond donors (Lipinski definition) is 1. The zero-order chi connectivity index (χ0) is 18.4. The summed E-state index contributed by atoms with van der Waals surface area (Å²) in [7, 11) is 0. The number of benzene rings is 3. The Hall–Kier alpha value is -2.85. The summed E-state index contributed by atoms with van der Waals surface area (Å²) in [5.74, 6) is 0. The molecular formula is C21H19ClN2O2. The summed E-state index contributed by atoms with van der Waals surface area (Å²) >= 11 is 6.27. The average Bonchev–Trinajstić information content (AvgIpc) is 2.67. The van der Waals surface area contributed by atoms with Crippen molar-refractivity contribution in [3.63, 3.8) is 0 Å². The Labute approximate surface area is 157 Å². The van der Waals surface area contributed by atoms with Crippen LogP contribution in [-0.4, -0.2) is 11.0 Å². The standard InChI is InChI=1S/C21H19ClN2O2/c22-18-13-7-8-14-19(18)23-21(17-11-5-2-6-12-17)20(24(25)26)15-16-9-3-1-4-10-16/h1-14,20-21,23H,15H2/t20-,21+/m0/s1. The monoisotopic (exact) mass is 366 g/mol. The van der Waals surface area contributed by atoms with Gasteiger partial charge in [0.2, 0.25) is 6.04 Å². The van der Waals surface area contributed by atoms with Crippen LogP contribution in [-0.2, 0) is 6.42 Å².